The van der Waals surface area contributed by atoms with Crippen molar-refractivity contribution in [1.29, 1.82) is 0 Å². The van der Waals surface area contributed by atoms with Gasteiger partial charge in [0.1, 0.15) is 5.82 Å². The Balaban J connectivity index is 1.30. The molecule has 1 saturated heterocycles. The van der Waals surface area contributed by atoms with E-state index in [1.165, 1.54) is 0 Å². The topological polar surface area (TPSA) is 80.1 Å². The van der Waals surface area contributed by atoms with Crippen LogP contribution in [-0.2, 0) is 13.0 Å². The van der Waals surface area contributed by atoms with E-state index < -0.39 is 0 Å². The van der Waals surface area contributed by atoms with Crippen LogP contribution in [0.1, 0.15) is 32.4 Å². The summed E-state index contributed by atoms with van der Waals surface area (Å²) in [6.07, 6.45) is 0.730. The molecule has 5 rings (SSSR count). The molecule has 0 unspecified atom stereocenters. The predicted octanol–water partition coefficient (Wildman–Crippen LogP) is 2.78. The van der Waals surface area contributed by atoms with E-state index in [9.17, 15) is 9.59 Å². The van der Waals surface area contributed by atoms with E-state index in [-0.39, 0.29) is 11.8 Å². The van der Waals surface area contributed by atoms with Gasteiger partial charge in [0.2, 0.25) is 5.82 Å². The number of nitrogens with one attached hydrogen (secondary N) is 1. The first kappa shape index (κ1) is 18.5. The number of aryl methyl sites for hydroxylation is 1. The summed E-state index contributed by atoms with van der Waals surface area (Å²) in [7, 11) is 0. The first-order valence-electron chi connectivity index (χ1n) is 10.2. The van der Waals surface area contributed by atoms with E-state index >= 15 is 0 Å². The number of aromatic nitrogens is 3. The van der Waals surface area contributed by atoms with Crippen LogP contribution in [0.3, 0.4) is 0 Å². The molecule has 1 aromatic heterocycles. The van der Waals surface area contributed by atoms with Crippen LogP contribution in [-0.4, -0.2) is 44.6 Å². The lowest BCUT2D eigenvalue weighted by molar-refractivity contribution is 0.0783. The van der Waals surface area contributed by atoms with E-state index in [1.54, 1.807) is 0 Å². The number of hydrogen-bond acceptors (Lipinski definition) is 4. The second-order valence-electron chi connectivity index (χ2n) is 8.17. The van der Waals surface area contributed by atoms with Crippen molar-refractivity contribution in [3.8, 4) is 0 Å². The van der Waals surface area contributed by atoms with Gasteiger partial charge in [-0.3, -0.25) is 9.59 Å². The minimum Gasteiger partial charge on any atom is -0.338 e. The molecule has 0 bridgehead atoms. The molecule has 7 heteroatoms. The summed E-state index contributed by atoms with van der Waals surface area (Å²) in [4.78, 5) is 27.6. The second kappa shape index (κ2) is 7.40. The standard InChI is InChI=1S/C23H23N5O2/c1-15-7-9-16(10-8-15)23(30)27-12-17-11-20-25-26-21(28(20)14-18(17)13-27)22(29)24-19-5-3-2-4-6-19/h2-10,17-18H,11-14H2,1H3,(H,24,29)/t17-,18+/m1/s1. The number of hydrogen-bond donors (Lipinski definition) is 1. The molecule has 152 valence electrons. The average molecular weight is 401 g/mol. The zero-order valence-corrected chi connectivity index (χ0v) is 16.8. The number of anilines is 1. The van der Waals surface area contributed by atoms with Crippen LogP contribution in [0.2, 0.25) is 0 Å². The number of carbonyl (C=O) groups is 2. The Kier molecular flexibility index (Phi) is 4.58. The molecule has 2 aliphatic rings. The average Bonchev–Trinajstić information content (AvgIpc) is 3.36. The third-order valence-electron chi connectivity index (χ3n) is 6.09. The van der Waals surface area contributed by atoms with Gasteiger partial charge in [0.05, 0.1) is 0 Å². The van der Waals surface area contributed by atoms with Crippen molar-refractivity contribution in [2.24, 2.45) is 11.8 Å². The number of fused-ring (bicyclic) bond motifs is 2. The highest BCUT2D eigenvalue weighted by Crippen LogP contribution is 2.33. The summed E-state index contributed by atoms with van der Waals surface area (Å²) in [5.74, 6) is 1.60. The fraction of sp³-hybridized carbons (Fsp3) is 0.304. The normalized spacial score (nSPS) is 19.8. The van der Waals surface area contributed by atoms with Gasteiger partial charge in [-0.2, -0.15) is 0 Å². The zero-order chi connectivity index (χ0) is 20.7. The summed E-state index contributed by atoms with van der Waals surface area (Å²) in [5, 5.41) is 11.3. The molecule has 30 heavy (non-hydrogen) atoms. The van der Waals surface area contributed by atoms with Crippen molar-refractivity contribution >= 4 is 17.5 Å². The molecular weight excluding hydrogens is 378 g/mol. The highest BCUT2D eigenvalue weighted by Gasteiger charge is 2.40. The Morgan fingerprint density at radius 3 is 2.43 bits per heavy atom. The predicted molar refractivity (Wildman–Crippen MR) is 112 cm³/mol. The maximum absolute atomic E-state index is 12.9. The van der Waals surface area contributed by atoms with Gasteiger partial charge >= 0.3 is 0 Å². The minimum absolute atomic E-state index is 0.0715. The lowest BCUT2D eigenvalue weighted by Crippen LogP contribution is -2.31. The fourth-order valence-corrected chi connectivity index (χ4v) is 4.45. The van der Waals surface area contributed by atoms with Crippen LogP contribution in [0.4, 0.5) is 5.69 Å². The summed E-state index contributed by atoms with van der Waals surface area (Å²) in [5.41, 5.74) is 2.59. The van der Waals surface area contributed by atoms with Crippen molar-refractivity contribution in [2.75, 3.05) is 18.4 Å². The smallest absolute Gasteiger partial charge is 0.293 e. The third-order valence-corrected chi connectivity index (χ3v) is 6.09. The quantitative estimate of drug-likeness (QED) is 0.732. The second-order valence-corrected chi connectivity index (χ2v) is 8.17. The SMILES string of the molecule is Cc1ccc(C(=O)N2C[C@H]3Cc4nnc(C(=O)Nc5ccccc5)n4C[C@@H]3C2)cc1. The summed E-state index contributed by atoms with van der Waals surface area (Å²) in [6.45, 7) is 4.08. The third kappa shape index (κ3) is 3.36. The van der Waals surface area contributed by atoms with E-state index in [0.717, 1.165) is 35.6 Å². The van der Waals surface area contributed by atoms with Gasteiger partial charge in [0, 0.05) is 37.3 Å². The van der Waals surface area contributed by atoms with Crippen molar-refractivity contribution in [3.05, 3.63) is 77.4 Å². The monoisotopic (exact) mass is 401 g/mol. The summed E-state index contributed by atoms with van der Waals surface area (Å²) < 4.78 is 1.92. The van der Waals surface area contributed by atoms with Crippen molar-refractivity contribution in [3.63, 3.8) is 0 Å². The van der Waals surface area contributed by atoms with E-state index in [2.05, 4.69) is 15.5 Å². The lowest BCUT2D eigenvalue weighted by Gasteiger charge is -2.25. The molecule has 2 atom stereocenters. The maximum atomic E-state index is 12.9. The number of amides is 2. The Hall–Kier alpha value is -3.48. The number of benzene rings is 2. The van der Waals surface area contributed by atoms with Crippen molar-refractivity contribution < 1.29 is 9.59 Å². The number of likely N-dealkylation sites (tertiary alicyclic amines) is 1. The fourth-order valence-electron chi connectivity index (χ4n) is 4.45. The molecule has 2 amide bonds. The molecule has 1 fully saturated rings. The number of para-hydroxylation sites is 1. The number of rotatable bonds is 3. The van der Waals surface area contributed by atoms with Crippen LogP contribution in [0.5, 0.6) is 0 Å². The van der Waals surface area contributed by atoms with E-state index in [4.69, 9.17) is 0 Å². The summed E-state index contributed by atoms with van der Waals surface area (Å²) >= 11 is 0. The van der Waals surface area contributed by atoms with Gasteiger partial charge in [-0.1, -0.05) is 35.9 Å². The number of nitrogens with zero attached hydrogens (tertiary/aromatic N) is 4. The summed E-state index contributed by atoms with van der Waals surface area (Å²) in [6, 6.07) is 17.0. The molecule has 0 spiro atoms. The largest absolute Gasteiger partial charge is 0.338 e. The van der Waals surface area contributed by atoms with Crippen LogP contribution >= 0.6 is 0 Å². The van der Waals surface area contributed by atoms with Gasteiger partial charge in [0.25, 0.3) is 11.8 Å². The number of carbonyl (C=O) groups excluding carboxylic acids is 2. The first-order valence-corrected chi connectivity index (χ1v) is 10.2. The molecule has 0 radical (unpaired) electrons. The van der Waals surface area contributed by atoms with Gasteiger partial charge in [-0.15, -0.1) is 10.2 Å². The van der Waals surface area contributed by atoms with Crippen LogP contribution in [0.15, 0.2) is 54.6 Å². The van der Waals surface area contributed by atoms with Gasteiger partial charge in [-0.25, -0.2) is 0 Å². The van der Waals surface area contributed by atoms with Crippen molar-refractivity contribution in [1.82, 2.24) is 19.7 Å². The van der Waals surface area contributed by atoms with Gasteiger partial charge < -0.3 is 14.8 Å². The minimum atomic E-state index is -0.260. The highest BCUT2D eigenvalue weighted by atomic mass is 16.2. The Bertz CT molecular complexity index is 1090. The molecule has 0 saturated carbocycles. The Morgan fingerprint density at radius 2 is 1.67 bits per heavy atom. The highest BCUT2D eigenvalue weighted by molar-refractivity contribution is 6.01. The van der Waals surface area contributed by atoms with Gasteiger partial charge in [-0.05, 0) is 43.0 Å². The van der Waals surface area contributed by atoms with Crippen LogP contribution in [0.25, 0.3) is 0 Å². The Morgan fingerprint density at radius 1 is 0.933 bits per heavy atom. The maximum Gasteiger partial charge on any atom is 0.293 e. The van der Waals surface area contributed by atoms with E-state index in [0.29, 0.717) is 30.7 Å². The molecule has 2 aromatic carbocycles. The molecule has 3 aromatic rings. The van der Waals surface area contributed by atoms with Crippen molar-refractivity contribution in [2.45, 2.75) is 19.9 Å². The van der Waals surface area contributed by atoms with E-state index in [1.807, 2.05) is 71.0 Å². The molecule has 1 N–H and O–H groups in total. The Labute approximate surface area is 174 Å². The molecule has 3 heterocycles. The van der Waals surface area contributed by atoms with Gasteiger partial charge in [0.15, 0.2) is 0 Å². The zero-order valence-electron chi connectivity index (χ0n) is 16.8. The first-order chi connectivity index (χ1) is 14.6. The van der Waals surface area contributed by atoms with Crippen LogP contribution in [0, 0.1) is 18.8 Å². The van der Waals surface area contributed by atoms with Crippen LogP contribution < -0.4 is 5.32 Å². The lowest BCUT2D eigenvalue weighted by atomic mass is 9.89. The molecule has 0 aliphatic carbocycles. The molecule has 2 aliphatic heterocycles. The molecule has 7 nitrogen and oxygen atoms in total. The molecular formula is C23H23N5O2.